The van der Waals surface area contributed by atoms with E-state index in [1.54, 1.807) is 48.0 Å². The Morgan fingerprint density at radius 1 is 1.05 bits per heavy atom. The summed E-state index contributed by atoms with van der Waals surface area (Å²) in [5.41, 5.74) is 1.45. The zero-order chi connectivity index (χ0) is 30.1. The second kappa shape index (κ2) is 11.9. The zero-order valence-corrected chi connectivity index (χ0v) is 24.9. The second-order valence-electron chi connectivity index (χ2n) is 9.72. The lowest BCUT2D eigenvalue weighted by Crippen LogP contribution is -2.53. The van der Waals surface area contributed by atoms with E-state index in [0.717, 1.165) is 40.4 Å². The minimum atomic E-state index is -4.60. The van der Waals surface area contributed by atoms with Gasteiger partial charge in [-0.3, -0.25) is 0 Å². The van der Waals surface area contributed by atoms with E-state index < -0.39 is 21.8 Å². The summed E-state index contributed by atoms with van der Waals surface area (Å²) < 4.78 is 71.9. The van der Waals surface area contributed by atoms with E-state index in [1.165, 1.54) is 9.58 Å². The SMILES string of the molecule is CN(C)c1cc[n+](/C(=N/S(=O)(=O)c2ccc(C(F)(F)F)cc2)N2CCC(c3cccs3)C(c3ccc(Cl)cc3)=N2)cc1. The van der Waals surface area contributed by atoms with Crippen LogP contribution in [-0.4, -0.2) is 45.7 Å². The van der Waals surface area contributed by atoms with Crippen molar-refractivity contribution in [2.75, 3.05) is 25.5 Å². The van der Waals surface area contributed by atoms with E-state index in [2.05, 4.69) is 4.40 Å². The fourth-order valence-electron chi connectivity index (χ4n) is 4.48. The molecule has 0 radical (unpaired) electrons. The average molecular weight is 633 g/mol. The lowest BCUT2D eigenvalue weighted by Gasteiger charge is -2.26. The maximum Gasteiger partial charge on any atom is 0.434 e. The topological polar surface area (TPSA) is 69.2 Å². The first kappa shape index (κ1) is 29.7. The molecule has 42 heavy (non-hydrogen) atoms. The Bertz CT molecular complexity index is 1710. The van der Waals surface area contributed by atoms with Crippen LogP contribution in [0.15, 0.2) is 105 Å². The third-order valence-electron chi connectivity index (χ3n) is 6.69. The molecule has 13 heteroatoms. The molecule has 3 heterocycles. The van der Waals surface area contributed by atoms with Crippen molar-refractivity contribution in [1.82, 2.24) is 5.01 Å². The van der Waals surface area contributed by atoms with Crippen molar-refractivity contribution in [2.45, 2.75) is 23.4 Å². The summed E-state index contributed by atoms with van der Waals surface area (Å²) in [5.74, 6) is -0.0624. The summed E-state index contributed by atoms with van der Waals surface area (Å²) in [7, 11) is -0.674. The minimum absolute atomic E-state index is 0.0173. The number of sulfonamides is 1. The Morgan fingerprint density at radius 2 is 1.71 bits per heavy atom. The molecule has 1 atom stereocenters. The van der Waals surface area contributed by atoms with Gasteiger partial charge in [0, 0.05) is 40.0 Å². The molecule has 4 aromatic rings. The largest absolute Gasteiger partial charge is 0.434 e. The van der Waals surface area contributed by atoms with Crippen molar-refractivity contribution < 1.29 is 26.2 Å². The summed E-state index contributed by atoms with van der Waals surface area (Å²) >= 11 is 7.75. The number of thiophene rings is 1. The molecule has 5 rings (SSSR count). The third-order valence-corrected chi connectivity index (χ3v) is 9.20. The van der Waals surface area contributed by atoms with Gasteiger partial charge in [0.15, 0.2) is 0 Å². The number of halogens is 4. The van der Waals surface area contributed by atoms with Gasteiger partial charge in [0.05, 0.1) is 30.2 Å². The molecule has 2 aromatic carbocycles. The maximum atomic E-state index is 13.5. The van der Waals surface area contributed by atoms with Crippen LogP contribution in [0.2, 0.25) is 5.02 Å². The van der Waals surface area contributed by atoms with E-state index in [-0.39, 0.29) is 16.8 Å². The van der Waals surface area contributed by atoms with E-state index in [1.807, 2.05) is 48.6 Å². The Hall–Kier alpha value is -3.74. The van der Waals surface area contributed by atoms with Gasteiger partial charge < -0.3 is 4.90 Å². The standard InChI is InChI=1S/C29H26ClF3N5O2S2/c1-36(2)23-13-16-37(17-14-23)28(35-42(39,40)24-11-7-21(8-12-24)29(31,32)33)38-18-15-25(26-4-3-19-41-26)27(34-38)20-5-9-22(30)10-6-20/h3-14,16-17,19,25H,15,18H2,1-2H3/q+1/b35-28-. The molecule has 1 unspecified atom stereocenters. The molecular formula is C29H26ClF3N5O2S2+. The second-order valence-corrected chi connectivity index (χ2v) is 12.7. The van der Waals surface area contributed by atoms with Crippen LogP contribution in [0.1, 0.15) is 28.3 Å². The number of hydrogen-bond acceptors (Lipinski definition) is 5. The van der Waals surface area contributed by atoms with Crippen LogP contribution in [0, 0.1) is 0 Å². The monoisotopic (exact) mass is 632 g/mol. The molecule has 0 aliphatic carbocycles. The van der Waals surface area contributed by atoms with Gasteiger partial charge in [0.2, 0.25) is 0 Å². The lowest BCUT2D eigenvalue weighted by atomic mass is 9.91. The highest BCUT2D eigenvalue weighted by Crippen LogP contribution is 2.33. The van der Waals surface area contributed by atoms with Crippen LogP contribution in [0.4, 0.5) is 18.9 Å². The molecule has 0 spiro atoms. The van der Waals surface area contributed by atoms with Crippen LogP contribution in [0.5, 0.6) is 0 Å². The van der Waals surface area contributed by atoms with Crippen LogP contribution in [-0.2, 0) is 16.2 Å². The first-order valence-electron chi connectivity index (χ1n) is 12.8. The lowest BCUT2D eigenvalue weighted by molar-refractivity contribution is -0.565. The molecule has 218 valence electrons. The van der Waals surface area contributed by atoms with E-state index in [4.69, 9.17) is 16.7 Å². The smallest absolute Gasteiger partial charge is 0.377 e. The third kappa shape index (κ3) is 6.50. The Morgan fingerprint density at radius 3 is 2.29 bits per heavy atom. The molecule has 1 aliphatic rings. The van der Waals surface area contributed by atoms with Gasteiger partial charge in [-0.2, -0.15) is 21.6 Å². The van der Waals surface area contributed by atoms with Gasteiger partial charge in [-0.15, -0.1) is 21.4 Å². The van der Waals surface area contributed by atoms with Crippen molar-refractivity contribution in [3.63, 3.8) is 0 Å². The number of anilines is 1. The minimum Gasteiger partial charge on any atom is -0.377 e. The molecule has 0 bridgehead atoms. The van der Waals surface area contributed by atoms with Crippen LogP contribution >= 0.6 is 22.9 Å². The molecule has 2 aromatic heterocycles. The summed E-state index contributed by atoms with van der Waals surface area (Å²) in [6, 6.07) is 18.1. The van der Waals surface area contributed by atoms with Gasteiger partial charge >= 0.3 is 22.2 Å². The summed E-state index contributed by atoms with van der Waals surface area (Å²) in [6.07, 6.45) is -0.656. The highest BCUT2D eigenvalue weighted by Gasteiger charge is 2.36. The molecule has 7 nitrogen and oxygen atoms in total. The molecule has 0 saturated carbocycles. The van der Waals surface area contributed by atoms with Gasteiger partial charge in [-0.1, -0.05) is 29.8 Å². The highest BCUT2D eigenvalue weighted by atomic mass is 35.5. The first-order valence-corrected chi connectivity index (χ1v) is 15.5. The first-order chi connectivity index (χ1) is 19.9. The van der Waals surface area contributed by atoms with E-state index in [0.29, 0.717) is 23.7 Å². The van der Waals surface area contributed by atoms with Crippen LogP contribution in [0.3, 0.4) is 0 Å². The fourth-order valence-corrected chi connectivity index (χ4v) is 6.46. The quantitative estimate of drug-likeness (QED) is 0.148. The molecule has 1 aliphatic heterocycles. The molecule has 0 fully saturated rings. The molecule has 0 saturated heterocycles. The maximum absolute atomic E-state index is 13.5. The van der Waals surface area contributed by atoms with Crippen molar-refractivity contribution in [3.8, 4) is 0 Å². The highest BCUT2D eigenvalue weighted by molar-refractivity contribution is 7.90. The number of rotatable bonds is 5. The zero-order valence-electron chi connectivity index (χ0n) is 22.5. The van der Waals surface area contributed by atoms with Gasteiger partial charge in [-0.05, 0) is 72.0 Å². The number of alkyl halides is 3. The molecular weight excluding hydrogens is 607 g/mol. The van der Waals surface area contributed by atoms with Crippen molar-refractivity contribution in [1.29, 1.82) is 0 Å². The predicted molar refractivity (Wildman–Crippen MR) is 159 cm³/mol. The average Bonchev–Trinajstić information content (AvgIpc) is 3.51. The van der Waals surface area contributed by atoms with Gasteiger partial charge in [0.1, 0.15) is 4.90 Å². The Balaban J connectivity index is 1.63. The number of hydrogen-bond donors (Lipinski definition) is 0. The number of benzene rings is 2. The van der Waals surface area contributed by atoms with E-state index >= 15 is 0 Å². The Kier molecular flexibility index (Phi) is 8.40. The number of hydrazone groups is 1. The summed E-state index contributed by atoms with van der Waals surface area (Å²) in [6.45, 7) is 0.337. The number of aromatic nitrogens is 1. The molecule has 0 N–H and O–H groups in total. The van der Waals surface area contributed by atoms with Crippen molar-refractivity contribution in [2.24, 2.45) is 9.50 Å². The normalized spacial score (nSPS) is 16.3. The Labute approximate surface area is 250 Å². The molecule has 0 amide bonds. The van der Waals surface area contributed by atoms with Crippen molar-refractivity contribution >= 4 is 50.3 Å². The van der Waals surface area contributed by atoms with Gasteiger partial charge in [-0.25, -0.2) is 4.57 Å². The van der Waals surface area contributed by atoms with Crippen LogP contribution < -0.4 is 9.47 Å². The van der Waals surface area contributed by atoms with Gasteiger partial charge in [0.25, 0.3) is 0 Å². The van der Waals surface area contributed by atoms with Crippen LogP contribution in [0.25, 0.3) is 0 Å². The number of pyridine rings is 1. The number of nitrogens with zero attached hydrogens (tertiary/aromatic N) is 5. The van der Waals surface area contributed by atoms with E-state index in [9.17, 15) is 21.6 Å². The summed E-state index contributed by atoms with van der Waals surface area (Å²) in [5, 5.41) is 9.00. The van der Waals surface area contributed by atoms with Crippen molar-refractivity contribution in [3.05, 3.63) is 112 Å². The predicted octanol–water partition coefficient (Wildman–Crippen LogP) is 6.26. The fraction of sp³-hybridized carbons (Fsp3) is 0.207. The summed E-state index contributed by atoms with van der Waals surface area (Å²) in [4.78, 5) is 2.64.